The van der Waals surface area contributed by atoms with Gasteiger partial charge >= 0.3 is 5.90 Å². The zero-order chi connectivity index (χ0) is 9.10. The summed E-state index contributed by atoms with van der Waals surface area (Å²) in [5.41, 5.74) is 0.927. The number of para-hydroxylation sites is 1. The van der Waals surface area contributed by atoms with Crippen molar-refractivity contribution in [1.82, 2.24) is 0 Å². The fraction of sp³-hybridized carbons (Fsp3) is 0. The maximum Gasteiger partial charge on any atom is 0.300 e. The lowest BCUT2D eigenvalue weighted by Gasteiger charge is -2.02. The van der Waals surface area contributed by atoms with Crippen LogP contribution >= 0.6 is 0 Å². The molecule has 62 valence electrons. The van der Waals surface area contributed by atoms with E-state index in [0.29, 0.717) is 5.75 Å². The van der Waals surface area contributed by atoms with Crippen LogP contribution < -0.4 is 4.74 Å². The second-order valence-corrected chi connectivity index (χ2v) is 2.50. The van der Waals surface area contributed by atoms with E-state index < -0.39 is 0 Å². The maximum atomic E-state index is 8.60. The van der Waals surface area contributed by atoms with Crippen molar-refractivity contribution in [2.75, 3.05) is 0 Å². The molecule has 0 aromatic heterocycles. The Morgan fingerprint density at radius 3 is 3.00 bits per heavy atom. The molecule has 0 bridgehead atoms. The van der Waals surface area contributed by atoms with E-state index in [4.69, 9.17) is 10.00 Å². The number of hydrogen-bond donors (Lipinski definition) is 0. The molecule has 0 N–H and O–H groups in total. The molecule has 0 radical (unpaired) electrons. The van der Waals surface area contributed by atoms with E-state index in [0.717, 1.165) is 5.56 Å². The van der Waals surface area contributed by atoms with Crippen LogP contribution in [0.15, 0.2) is 35.5 Å². The monoisotopic (exact) mass is 170 g/mol. The summed E-state index contributed by atoms with van der Waals surface area (Å²) in [4.78, 5) is 3.81. The average molecular weight is 170 g/mol. The first-order valence-electron chi connectivity index (χ1n) is 3.81. The largest absolute Gasteiger partial charge is 0.430 e. The van der Waals surface area contributed by atoms with Crippen LogP contribution in [-0.2, 0) is 0 Å². The predicted molar refractivity (Wildman–Crippen MR) is 49.2 cm³/mol. The Labute approximate surface area is 75.6 Å². The van der Waals surface area contributed by atoms with Gasteiger partial charge in [0.2, 0.25) is 0 Å². The van der Waals surface area contributed by atoms with Gasteiger partial charge < -0.3 is 4.74 Å². The van der Waals surface area contributed by atoms with E-state index in [-0.39, 0.29) is 5.90 Å². The van der Waals surface area contributed by atoms with Gasteiger partial charge in [0.1, 0.15) is 5.75 Å². The Morgan fingerprint density at radius 1 is 1.31 bits per heavy atom. The molecule has 0 atom stereocenters. The molecular weight excluding hydrogens is 164 g/mol. The highest BCUT2D eigenvalue weighted by molar-refractivity contribution is 5.94. The van der Waals surface area contributed by atoms with Gasteiger partial charge in [0, 0.05) is 11.8 Å². The molecule has 0 spiro atoms. The van der Waals surface area contributed by atoms with Crippen molar-refractivity contribution in [3.63, 3.8) is 0 Å². The molecule has 13 heavy (non-hydrogen) atoms. The molecule has 1 aromatic rings. The quantitative estimate of drug-likeness (QED) is 0.597. The Hall–Kier alpha value is -2.08. The summed E-state index contributed by atoms with van der Waals surface area (Å²) < 4.78 is 5.23. The van der Waals surface area contributed by atoms with Crippen molar-refractivity contribution in [3.05, 3.63) is 36.0 Å². The minimum Gasteiger partial charge on any atom is -0.430 e. The highest BCUT2D eigenvalue weighted by Crippen LogP contribution is 2.21. The van der Waals surface area contributed by atoms with E-state index in [1.54, 1.807) is 18.3 Å². The molecule has 1 aromatic carbocycles. The Bertz CT molecular complexity index is 427. The normalized spacial score (nSPS) is 13.3. The van der Waals surface area contributed by atoms with Gasteiger partial charge in [-0.25, -0.2) is 4.99 Å². The summed E-state index contributed by atoms with van der Waals surface area (Å²) in [5.74, 6) is 0.734. The molecule has 1 aliphatic heterocycles. The first-order chi connectivity index (χ1) is 6.40. The number of rotatable bonds is 0. The molecule has 0 saturated carbocycles. The van der Waals surface area contributed by atoms with Gasteiger partial charge in [-0.2, -0.15) is 5.26 Å². The Kier molecular flexibility index (Phi) is 1.81. The molecule has 0 unspecified atom stereocenters. The van der Waals surface area contributed by atoms with Crippen molar-refractivity contribution >= 4 is 12.0 Å². The van der Waals surface area contributed by atoms with Crippen molar-refractivity contribution in [2.45, 2.75) is 0 Å². The number of nitriles is 1. The number of nitrogens with zero attached hydrogens (tertiary/aromatic N) is 2. The highest BCUT2D eigenvalue weighted by Gasteiger charge is 2.06. The molecule has 0 fully saturated rings. The highest BCUT2D eigenvalue weighted by atomic mass is 16.5. The number of hydrogen-bond acceptors (Lipinski definition) is 3. The molecule has 0 saturated heterocycles. The fourth-order valence-electron chi connectivity index (χ4n) is 1.08. The maximum absolute atomic E-state index is 8.60. The van der Waals surface area contributed by atoms with Gasteiger partial charge in [-0.05, 0) is 12.1 Å². The second kappa shape index (κ2) is 3.11. The first kappa shape index (κ1) is 7.56. The lowest BCUT2D eigenvalue weighted by atomic mass is 10.2. The molecule has 2 rings (SSSR count). The molecule has 0 aliphatic carbocycles. The van der Waals surface area contributed by atoms with Gasteiger partial charge in [0.05, 0.1) is 0 Å². The van der Waals surface area contributed by atoms with Crippen LogP contribution in [0, 0.1) is 11.3 Å². The summed E-state index contributed by atoms with van der Waals surface area (Å²) in [5, 5.41) is 8.60. The van der Waals surface area contributed by atoms with E-state index in [2.05, 4.69) is 4.99 Å². The van der Waals surface area contributed by atoms with Crippen LogP contribution in [0.4, 0.5) is 0 Å². The third-order valence-corrected chi connectivity index (χ3v) is 1.67. The van der Waals surface area contributed by atoms with Crippen molar-refractivity contribution in [2.24, 2.45) is 4.99 Å². The first-order valence-corrected chi connectivity index (χ1v) is 3.81. The second-order valence-electron chi connectivity index (χ2n) is 2.50. The summed E-state index contributed by atoms with van der Waals surface area (Å²) >= 11 is 0. The van der Waals surface area contributed by atoms with Crippen LogP contribution in [0.1, 0.15) is 5.56 Å². The average Bonchev–Trinajstić information content (AvgIpc) is 2.38. The minimum absolute atomic E-state index is 0.0706. The summed E-state index contributed by atoms with van der Waals surface area (Å²) in [6.07, 6.45) is 3.37. The third kappa shape index (κ3) is 1.42. The van der Waals surface area contributed by atoms with Crippen LogP contribution in [0.5, 0.6) is 5.75 Å². The predicted octanol–water partition coefficient (Wildman–Crippen LogP) is 1.97. The number of benzene rings is 1. The smallest absolute Gasteiger partial charge is 0.300 e. The standard InChI is InChI=1S/C10H6N2O/c11-7-10-12-6-5-8-3-1-2-4-9(8)13-10/h1-6H. The topological polar surface area (TPSA) is 45.4 Å². The van der Waals surface area contributed by atoms with Crippen molar-refractivity contribution in [1.29, 1.82) is 5.26 Å². The lowest BCUT2D eigenvalue weighted by molar-refractivity contribution is 0.557. The van der Waals surface area contributed by atoms with Crippen molar-refractivity contribution < 1.29 is 4.74 Å². The van der Waals surface area contributed by atoms with Gasteiger partial charge in [0.15, 0.2) is 6.07 Å². The Morgan fingerprint density at radius 2 is 2.15 bits per heavy atom. The van der Waals surface area contributed by atoms with Crippen LogP contribution in [0.25, 0.3) is 6.08 Å². The molecule has 1 heterocycles. The summed E-state index contributed by atoms with van der Waals surface area (Å²) in [6, 6.07) is 9.33. The number of fused-ring (bicyclic) bond motifs is 1. The van der Waals surface area contributed by atoms with Crippen LogP contribution in [0.2, 0.25) is 0 Å². The van der Waals surface area contributed by atoms with Crippen molar-refractivity contribution in [3.8, 4) is 11.8 Å². The van der Waals surface area contributed by atoms with Crippen LogP contribution in [0.3, 0.4) is 0 Å². The Balaban J connectivity index is 2.47. The molecule has 3 nitrogen and oxygen atoms in total. The summed E-state index contributed by atoms with van der Waals surface area (Å²) in [6.45, 7) is 0. The lowest BCUT2D eigenvalue weighted by Crippen LogP contribution is -2.04. The van der Waals surface area contributed by atoms with Gasteiger partial charge in [-0.3, -0.25) is 0 Å². The van der Waals surface area contributed by atoms with E-state index >= 15 is 0 Å². The van der Waals surface area contributed by atoms with E-state index in [9.17, 15) is 0 Å². The van der Waals surface area contributed by atoms with Gasteiger partial charge in [0.25, 0.3) is 0 Å². The van der Waals surface area contributed by atoms with Gasteiger partial charge in [-0.15, -0.1) is 0 Å². The molecule has 3 heteroatoms. The zero-order valence-corrected chi connectivity index (χ0v) is 6.77. The van der Waals surface area contributed by atoms with E-state index in [1.807, 2.05) is 24.3 Å². The zero-order valence-electron chi connectivity index (χ0n) is 6.77. The van der Waals surface area contributed by atoms with E-state index in [1.165, 1.54) is 0 Å². The minimum atomic E-state index is 0.0706. The molecule has 1 aliphatic rings. The SMILES string of the molecule is N#CC1=NC=Cc2ccccc2O1. The number of aliphatic imine (C=N–C) groups is 1. The van der Waals surface area contributed by atoms with Crippen LogP contribution in [-0.4, -0.2) is 5.90 Å². The van der Waals surface area contributed by atoms with Gasteiger partial charge in [-0.1, -0.05) is 18.2 Å². The molecule has 0 amide bonds. The fourth-order valence-corrected chi connectivity index (χ4v) is 1.08. The number of ether oxygens (including phenoxy) is 1. The molecular formula is C10H6N2O. The third-order valence-electron chi connectivity index (χ3n) is 1.67. The summed E-state index contributed by atoms with van der Waals surface area (Å²) in [7, 11) is 0.